The molecule has 15 heavy (non-hydrogen) atoms. The quantitative estimate of drug-likeness (QED) is 0.772. The summed E-state index contributed by atoms with van der Waals surface area (Å²) in [6.45, 7) is 0.775. The van der Waals surface area contributed by atoms with Crippen molar-refractivity contribution in [2.24, 2.45) is 17.4 Å². The average molecular weight is 204 g/mol. The maximum atomic E-state index is 6.07. The Kier molecular flexibility index (Phi) is 3.39. The van der Waals surface area contributed by atoms with Crippen molar-refractivity contribution < 1.29 is 0 Å². The first-order valence-electron chi connectivity index (χ1n) is 5.80. The molecule has 1 aromatic carbocycles. The van der Waals surface area contributed by atoms with E-state index in [0.29, 0.717) is 17.9 Å². The second-order valence-electron chi connectivity index (χ2n) is 4.68. The zero-order chi connectivity index (χ0) is 10.7. The van der Waals surface area contributed by atoms with Gasteiger partial charge in [0.05, 0.1) is 0 Å². The third kappa shape index (κ3) is 2.58. The third-order valence-corrected chi connectivity index (χ3v) is 3.45. The van der Waals surface area contributed by atoms with Crippen molar-refractivity contribution in [2.75, 3.05) is 6.54 Å². The molecule has 0 heterocycles. The van der Waals surface area contributed by atoms with E-state index in [-0.39, 0.29) is 0 Å². The van der Waals surface area contributed by atoms with Crippen molar-refractivity contribution in [1.29, 1.82) is 0 Å². The molecule has 0 saturated heterocycles. The SMILES string of the molecule is NCC1CC(N)CC(c2ccccc2)C1. The van der Waals surface area contributed by atoms with Gasteiger partial charge in [0.2, 0.25) is 0 Å². The standard InChI is InChI=1S/C13H20N2/c14-9-10-6-12(8-13(15)7-10)11-4-2-1-3-5-11/h1-5,10,12-13H,6-9,14-15H2. The first kappa shape index (κ1) is 10.7. The molecular formula is C13H20N2. The van der Waals surface area contributed by atoms with Gasteiger partial charge in [0.1, 0.15) is 0 Å². The minimum absolute atomic E-state index is 0.331. The molecule has 1 aromatic rings. The summed E-state index contributed by atoms with van der Waals surface area (Å²) in [5.41, 5.74) is 13.2. The van der Waals surface area contributed by atoms with Crippen LogP contribution in [0.2, 0.25) is 0 Å². The van der Waals surface area contributed by atoms with Gasteiger partial charge in [0.15, 0.2) is 0 Å². The van der Waals surface area contributed by atoms with Crippen molar-refractivity contribution in [3.63, 3.8) is 0 Å². The van der Waals surface area contributed by atoms with E-state index in [1.165, 1.54) is 12.0 Å². The highest BCUT2D eigenvalue weighted by Crippen LogP contribution is 2.34. The van der Waals surface area contributed by atoms with E-state index in [2.05, 4.69) is 30.3 Å². The minimum atomic E-state index is 0.331. The Morgan fingerprint density at radius 2 is 1.80 bits per heavy atom. The van der Waals surface area contributed by atoms with Crippen LogP contribution in [0.1, 0.15) is 30.7 Å². The van der Waals surface area contributed by atoms with Crippen LogP contribution in [-0.4, -0.2) is 12.6 Å². The van der Waals surface area contributed by atoms with Crippen molar-refractivity contribution in [2.45, 2.75) is 31.2 Å². The minimum Gasteiger partial charge on any atom is -0.330 e. The van der Waals surface area contributed by atoms with Gasteiger partial charge < -0.3 is 11.5 Å². The lowest BCUT2D eigenvalue weighted by atomic mass is 9.76. The number of hydrogen-bond donors (Lipinski definition) is 2. The van der Waals surface area contributed by atoms with E-state index >= 15 is 0 Å². The summed E-state index contributed by atoms with van der Waals surface area (Å²) < 4.78 is 0. The molecule has 0 spiro atoms. The molecule has 2 heteroatoms. The average Bonchev–Trinajstić information content (AvgIpc) is 2.29. The maximum absolute atomic E-state index is 6.07. The lowest BCUT2D eigenvalue weighted by Crippen LogP contribution is -2.34. The van der Waals surface area contributed by atoms with Gasteiger partial charge in [-0.05, 0) is 43.2 Å². The lowest BCUT2D eigenvalue weighted by molar-refractivity contribution is 0.295. The van der Waals surface area contributed by atoms with Gasteiger partial charge >= 0.3 is 0 Å². The van der Waals surface area contributed by atoms with Gasteiger partial charge in [0, 0.05) is 6.04 Å². The van der Waals surface area contributed by atoms with Gasteiger partial charge in [0.25, 0.3) is 0 Å². The molecule has 3 unspecified atom stereocenters. The first-order chi connectivity index (χ1) is 7.29. The predicted molar refractivity (Wildman–Crippen MR) is 63.6 cm³/mol. The number of nitrogens with two attached hydrogens (primary N) is 2. The Morgan fingerprint density at radius 1 is 1.07 bits per heavy atom. The zero-order valence-corrected chi connectivity index (χ0v) is 9.10. The molecule has 2 nitrogen and oxygen atoms in total. The summed E-state index contributed by atoms with van der Waals surface area (Å²) in [5, 5.41) is 0. The predicted octanol–water partition coefficient (Wildman–Crippen LogP) is 1.86. The highest BCUT2D eigenvalue weighted by molar-refractivity contribution is 5.20. The Labute approximate surface area is 91.7 Å². The molecule has 2 rings (SSSR count). The smallest absolute Gasteiger partial charge is 0.00477 e. The molecule has 1 fully saturated rings. The first-order valence-corrected chi connectivity index (χ1v) is 5.80. The highest BCUT2D eigenvalue weighted by atomic mass is 14.7. The van der Waals surface area contributed by atoms with Crippen molar-refractivity contribution >= 4 is 0 Å². The normalized spacial score (nSPS) is 31.5. The van der Waals surface area contributed by atoms with E-state index < -0.39 is 0 Å². The van der Waals surface area contributed by atoms with Crippen molar-refractivity contribution in [3.05, 3.63) is 35.9 Å². The molecule has 0 radical (unpaired) electrons. The second kappa shape index (κ2) is 4.77. The van der Waals surface area contributed by atoms with Crippen LogP contribution in [0.5, 0.6) is 0 Å². The molecule has 3 atom stereocenters. The van der Waals surface area contributed by atoms with Crippen molar-refractivity contribution in [3.8, 4) is 0 Å². The number of rotatable bonds is 2. The summed E-state index contributed by atoms with van der Waals surface area (Å²) in [7, 11) is 0. The summed E-state index contributed by atoms with van der Waals surface area (Å²) in [6.07, 6.45) is 3.41. The molecular weight excluding hydrogens is 184 g/mol. The second-order valence-corrected chi connectivity index (χ2v) is 4.68. The van der Waals surface area contributed by atoms with Crippen LogP contribution in [0.3, 0.4) is 0 Å². The molecule has 0 bridgehead atoms. The third-order valence-electron chi connectivity index (χ3n) is 3.45. The Morgan fingerprint density at radius 3 is 2.47 bits per heavy atom. The van der Waals surface area contributed by atoms with Crippen LogP contribution < -0.4 is 11.5 Å². The topological polar surface area (TPSA) is 52.0 Å². The Balaban J connectivity index is 2.09. The Hall–Kier alpha value is -0.860. The lowest BCUT2D eigenvalue weighted by Gasteiger charge is -2.32. The van der Waals surface area contributed by atoms with Crippen LogP contribution in [0.15, 0.2) is 30.3 Å². The van der Waals surface area contributed by atoms with Gasteiger partial charge in [-0.3, -0.25) is 0 Å². The summed E-state index contributed by atoms with van der Waals surface area (Å²) in [4.78, 5) is 0. The zero-order valence-electron chi connectivity index (χ0n) is 9.10. The highest BCUT2D eigenvalue weighted by Gasteiger charge is 2.26. The van der Waals surface area contributed by atoms with E-state index in [0.717, 1.165) is 19.4 Å². The molecule has 1 aliphatic carbocycles. The maximum Gasteiger partial charge on any atom is 0.00477 e. The monoisotopic (exact) mass is 204 g/mol. The van der Waals surface area contributed by atoms with Crippen LogP contribution >= 0.6 is 0 Å². The molecule has 82 valence electrons. The summed E-state index contributed by atoms with van der Waals surface area (Å²) in [5.74, 6) is 1.22. The summed E-state index contributed by atoms with van der Waals surface area (Å²) in [6, 6.07) is 11.0. The molecule has 0 aromatic heterocycles. The van der Waals surface area contributed by atoms with Crippen LogP contribution in [0.25, 0.3) is 0 Å². The van der Waals surface area contributed by atoms with Crippen LogP contribution in [0, 0.1) is 5.92 Å². The fraction of sp³-hybridized carbons (Fsp3) is 0.538. The fourth-order valence-electron chi connectivity index (χ4n) is 2.67. The largest absolute Gasteiger partial charge is 0.330 e. The van der Waals surface area contributed by atoms with E-state index in [1.807, 2.05) is 0 Å². The Bertz CT molecular complexity index is 297. The van der Waals surface area contributed by atoms with Gasteiger partial charge in [-0.15, -0.1) is 0 Å². The van der Waals surface area contributed by atoms with Crippen LogP contribution in [0.4, 0.5) is 0 Å². The number of hydrogen-bond acceptors (Lipinski definition) is 2. The summed E-state index contributed by atoms with van der Waals surface area (Å²) >= 11 is 0. The number of benzene rings is 1. The molecule has 1 aliphatic rings. The fourth-order valence-corrected chi connectivity index (χ4v) is 2.67. The van der Waals surface area contributed by atoms with Crippen LogP contribution in [-0.2, 0) is 0 Å². The van der Waals surface area contributed by atoms with Gasteiger partial charge in [-0.2, -0.15) is 0 Å². The molecule has 0 amide bonds. The van der Waals surface area contributed by atoms with Gasteiger partial charge in [-0.1, -0.05) is 30.3 Å². The van der Waals surface area contributed by atoms with E-state index in [9.17, 15) is 0 Å². The van der Waals surface area contributed by atoms with Gasteiger partial charge in [-0.25, -0.2) is 0 Å². The van der Waals surface area contributed by atoms with E-state index in [4.69, 9.17) is 11.5 Å². The molecule has 4 N–H and O–H groups in total. The molecule has 1 saturated carbocycles. The van der Waals surface area contributed by atoms with E-state index in [1.54, 1.807) is 0 Å². The van der Waals surface area contributed by atoms with Crippen molar-refractivity contribution in [1.82, 2.24) is 0 Å². The molecule has 0 aliphatic heterocycles.